The molecule has 6 nitrogen and oxygen atoms in total. The molecule has 0 saturated heterocycles. The number of furan rings is 1. The van der Waals surface area contributed by atoms with Crippen LogP contribution >= 0.6 is 11.8 Å². The smallest absolute Gasteiger partial charge is 0.313 e. The van der Waals surface area contributed by atoms with Crippen molar-refractivity contribution < 1.29 is 14.3 Å². The van der Waals surface area contributed by atoms with E-state index in [1.54, 1.807) is 6.26 Å². The number of nitrogens with zero attached hydrogens (tertiary/aromatic N) is 3. The molecule has 100 valence electrons. The van der Waals surface area contributed by atoms with E-state index in [9.17, 15) is 4.79 Å². The second-order valence-electron chi connectivity index (χ2n) is 4.54. The Morgan fingerprint density at radius 3 is 2.95 bits per heavy atom. The van der Waals surface area contributed by atoms with E-state index in [-0.39, 0.29) is 5.75 Å². The van der Waals surface area contributed by atoms with Gasteiger partial charge in [-0.05, 0) is 25.8 Å². The Labute approximate surface area is 113 Å². The van der Waals surface area contributed by atoms with Gasteiger partial charge in [-0.3, -0.25) is 9.36 Å². The number of hydrogen-bond acceptors (Lipinski definition) is 5. The van der Waals surface area contributed by atoms with Gasteiger partial charge in [-0.1, -0.05) is 11.8 Å². The Balaban J connectivity index is 1.94. The fourth-order valence-electron chi connectivity index (χ4n) is 1.92. The van der Waals surface area contributed by atoms with E-state index in [0.29, 0.717) is 11.2 Å². The summed E-state index contributed by atoms with van der Waals surface area (Å²) in [5, 5.41) is 17.7. The first-order valence-corrected chi connectivity index (χ1v) is 6.98. The monoisotopic (exact) mass is 279 g/mol. The molecule has 7 heteroatoms. The third-order valence-electron chi connectivity index (χ3n) is 2.89. The molecule has 2 aromatic rings. The largest absolute Gasteiger partial charge is 0.481 e. The van der Waals surface area contributed by atoms with Crippen LogP contribution in [0.5, 0.6) is 0 Å². The number of hydrogen-bond donors (Lipinski definition) is 1. The summed E-state index contributed by atoms with van der Waals surface area (Å²) >= 11 is 1.20. The molecule has 0 unspecified atom stereocenters. The van der Waals surface area contributed by atoms with Crippen molar-refractivity contribution >= 4 is 17.7 Å². The molecule has 0 spiro atoms. The Morgan fingerprint density at radius 1 is 1.58 bits per heavy atom. The van der Waals surface area contributed by atoms with Crippen LogP contribution in [-0.2, 0) is 4.79 Å². The minimum absolute atomic E-state index is 0.00469. The molecule has 1 saturated carbocycles. The summed E-state index contributed by atoms with van der Waals surface area (Å²) in [7, 11) is 0. The van der Waals surface area contributed by atoms with Crippen molar-refractivity contribution in [3.63, 3.8) is 0 Å². The van der Waals surface area contributed by atoms with Crippen molar-refractivity contribution in [2.75, 3.05) is 5.75 Å². The van der Waals surface area contributed by atoms with Crippen LogP contribution in [0.4, 0.5) is 0 Å². The van der Waals surface area contributed by atoms with Gasteiger partial charge in [0.2, 0.25) is 0 Å². The van der Waals surface area contributed by atoms with Crippen LogP contribution in [0.15, 0.2) is 21.9 Å². The molecule has 2 heterocycles. The lowest BCUT2D eigenvalue weighted by Crippen LogP contribution is -2.03. The molecular formula is C12H13N3O3S. The number of aryl methyl sites for hydroxylation is 1. The normalized spacial score (nSPS) is 14.8. The summed E-state index contributed by atoms with van der Waals surface area (Å²) in [5.74, 6) is 0.721. The molecule has 0 aliphatic heterocycles. The van der Waals surface area contributed by atoms with Gasteiger partial charge in [0.25, 0.3) is 0 Å². The maximum absolute atomic E-state index is 10.7. The lowest BCUT2D eigenvalue weighted by Gasteiger charge is -2.06. The zero-order valence-electron chi connectivity index (χ0n) is 10.4. The Kier molecular flexibility index (Phi) is 3.06. The van der Waals surface area contributed by atoms with Gasteiger partial charge in [0.1, 0.15) is 12.0 Å². The van der Waals surface area contributed by atoms with Crippen LogP contribution in [0.3, 0.4) is 0 Å². The van der Waals surface area contributed by atoms with Gasteiger partial charge in [-0.2, -0.15) is 0 Å². The fraction of sp³-hybridized carbons (Fsp3) is 0.417. The highest BCUT2D eigenvalue weighted by Gasteiger charge is 2.30. The topological polar surface area (TPSA) is 81.1 Å². The number of aliphatic carboxylic acids is 1. The Hall–Kier alpha value is -1.76. The number of thioether (sulfide) groups is 1. The van der Waals surface area contributed by atoms with E-state index in [4.69, 9.17) is 9.52 Å². The van der Waals surface area contributed by atoms with E-state index in [0.717, 1.165) is 30.0 Å². The summed E-state index contributed by atoms with van der Waals surface area (Å²) in [5.41, 5.74) is 0.888. The average Bonchev–Trinajstić information content (AvgIpc) is 2.97. The lowest BCUT2D eigenvalue weighted by atomic mass is 10.3. The van der Waals surface area contributed by atoms with Crippen molar-refractivity contribution in [3.8, 4) is 11.4 Å². The Bertz CT molecular complexity index is 616. The van der Waals surface area contributed by atoms with Gasteiger partial charge in [0.05, 0.1) is 11.3 Å². The van der Waals surface area contributed by atoms with Gasteiger partial charge in [-0.15, -0.1) is 10.2 Å². The van der Waals surface area contributed by atoms with Crippen molar-refractivity contribution in [2.45, 2.75) is 31.0 Å². The highest BCUT2D eigenvalue weighted by molar-refractivity contribution is 7.99. The Morgan fingerprint density at radius 2 is 2.37 bits per heavy atom. The average molecular weight is 279 g/mol. The van der Waals surface area contributed by atoms with E-state index in [1.807, 2.05) is 17.6 Å². The minimum Gasteiger partial charge on any atom is -0.481 e. The van der Waals surface area contributed by atoms with E-state index in [2.05, 4.69) is 10.2 Å². The van der Waals surface area contributed by atoms with E-state index in [1.165, 1.54) is 11.8 Å². The molecular weight excluding hydrogens is 266 g/mol. The van der Waals surface area contributed by atoms with Crippen LogP contribution in [-0.4, -0.2) is 31.6 Å². The quantitative estimate of drug-likeness (QED) is 0.846. The van der Waals surface area contributed by atoms with Gasteiger partial charge in [0, 0.05) is 6.04 Å². The maximum Gasteiger partial charge on any atom is 0.313 e. The van der Waals surface area contributed by atoms with Crippen molar-refractivity contribution in [3.05, 3.63) is 18.1 Å². The van der Waals surface area contributed by atoms with Crippen LogP contribution in [0, 0.1) is 6.92 Å². The third kappa shape index (κ3) is 2.51. The second-order valence-corrected chi connectivity index (χ2v) is 5.48. The molecule has 1 N–H and O–H groups in total. The molecule has 0 aromatic carbocycles. The highest BCUT2D eigenvalue weighted by Crippen LogP contribution is 2.41. The summed E-state index contributed by atoms with van der Waals surface area (Å²) in [4.78, 5) is 10.7. The first-order valence-electron chi connectivity index (χ1n) is 6.00. The number of rotatable bonds is 5. The first kappa shape index (κ1) is 12.3. The van der Waals surface area contributed by atoms with Crippen LogP contribution in [0.25, 0.3) is 11.4 Å². The number of aromatic nitrogens is 3. The molecule has 0 radical (unpaired) electrons. The molecule has 0 amide bonds. The van der Waals surface area contributed by atoms with Gasteiger partial charge < -0.3 is 9.52 Å². The number of carbonyl (C=O) groups is 1. The summed E-state index contributed by atoms with van der Waals surface area (Å²) in [6.07, 6.45) is 3.83. The lowest BCUT2D eigenvalue weighted by molar-refractivity contribution is -0.133. The zero-order valence-corrected chi connectivity index (χ0v) is 11.2. The minimum atomic E-state index is -0.851. The molecule has 1 fully saturated rings. The predicted octanol–water partition coefficient (Wildman–Crippen LogP) is 2.36. The van der Waals surface area contributed by atoms with Gasteiger partial charge >= 0.3 is 5.97 Å². The summed E-state index contributed by atoms with van der Waals surface area (Å²) < 4.78 is 7.33. The SMILES string of the molecule is Cc1cc(-c2nnc(SCC(=O)O)n2C2CC2)co1. The second kappa shape index (κ2) is 4.73. The van der Waals surface area contributed by atoms with Crippen LogP contribution < -0.4 is 0 Å². The molecule has 1 aliphatic carbocycles. The van der Waals surface area contributed by atoms with Crippen LogP contribution in [0.2, 0.25) is 0 Å². The van der Waals surface area contributed by atoms with Gasteiger partial charge in [-0.25, -0.2) is 0 Å². The zero-order chi connectivity index (χ0) is 13.4. The molecule has 3 rings (SSSR count). The third-order valence-corrected chi connectivity index (χ3v) is 3.82. The summed E-state index contributed by atoms with van der Waals surface area (Å²) in [6.45, 7) is 1.88. The molecule has 1 aliphatic rings. The molecule has 0 atom stereocenters. The van der Waals surface area contributed by atoms with Crippen molar-refractivity contribution in [2.24, 2.45) is 0 Å². The van der Waals surface area contributed by atoms with Crippen LogP contribution in [0.1, 0.15) is 24.6 Å². The van der Waals surface area contributed by atoms with E-state index < -0.39 is 5.97 Å². The van der Waals surface area contributed by atoms with E-state index >= 15 is 0 Å². The summed E-state index contributed by atoms with van der Waals surface area (Å²) in [6, 6.07) is 2.30. The van der Waals surface area contributed by atoms with Crippen molar-refractivity contribution in [1.82, 2.24) is 14.8 Å². The highest BCUT2D eigenvalue weighted by atomic mass is 32.2. The molecule has 0 bridgehead atoms. The fourth-order valence-corrected chi connectivity index (χ4v) is 2.65. The number of carboxylic acid groups (broad SMARTS) is 1. The first-order chi connectivity index (χ1) is 9.15. The molecule has 2 aromatic heterocycles. The maximum atomic E-state index is 10.7. The van der Waals surface area contributed by atoms with Gasteiger partial charge in [0.15, 0.2) is 11.0 Å². The predicted molar refractivity (Wildman–Crippen MR) is 69.1 cm³/mol. The molecule has 19 heavy (non-hydrogen) atoms. The number of carboxylic acids is 1. The standard InChI is InChI=1S/C12H13N3O3S/c1-7-4-8(5-18-7)11-13-14-12(19-6-10(16)17)15(11)9-2-3-9/h4-5,9H,2-3,6H2,1H3,(H,16,17). The van der Waals surface area contributed by atoms with Crippen molar-refractivity contribution in [1.29, 1.82) is 0 Å².